The van der Waals surface area contributed by atoms with Crippen molar-refractivity contribution in [3.8, 4) is 6.07 Å². The summed E-state index contributed by atoms with van der Waals surface area (Å²) >= 11 is 0. The molecule has 1 rings (SSSR count). The summed E-state index contributed by atoms with van der Waals surface area (Å²) in [6.07, 6.45) is 2.32. The molecule has 1 heterocycles. The Hall–Kier alpha value is -0.285. The van der Waals surface area contributed by atoms with Crippen molar-refractivity contribution >= 4 is 24.0 Å². The minimum atomic E-state index is -3.33. The highest BCUT2D eigenvalue weighted by Gasteiger charge is 2.35. The van der Waals surface area contributed by atoms with Gasteiger partial charge in [-0.3, -0.25) is 4.57 Å². The summed E-state index contributed by atoms with van der Waals surface area (Å²) < 4.78 is 42.6. The van der Waals surface area contributed by atoms with Gasteiger partial charge in [-0.15, -0.1) is 0 Å². The highest BCUT2D eigenvalue weighted by Crippen LogP contribution is 2.50. The Kier molecular flexibility index (Phi) is 12.2. The van der Waals surface area contributed by atoms with E-state index in [1.54, 1.807) is 6.08 Å². The molecule has 0 N–H and O–H groups in total. The van der Waals surface area contributed by atoms with E-state index in [0.717, 1.165) is 0 Å². The zero-order valence-electron chi connectivity index (χ0n) is 18.2. The lowest BCUT2D eigenvalue weighted by atomic mass is 9.89. The smallest absolute Gasteiger partial charge is 0.353 e. The molecule has 0 aromatic carbocycles. The number of nitriles is 1. The molecule has 1 saturated heterocycles. The van der Waals surface area contributed by atoms with Crippen LogP contribution in [0.3, 0.4) is 0 Å². The van der Waals surface area contributed by atoms with Crippen molar-refractivity contribution in [2.45, 2.75) is 77.3 Å². The lowest BCUT2D eigenvalue weighted by Crippen LogP contribution is -2.41. The fraction of sp³-hybridized carbons (Fsp3) is 0.833. The van der Waals surface area contributed by atoms with Crippen LogP contribution in [-0.4, -0.2) is 63.6 Å². The molecule has 164 valence electrons. The third kappa shape index (κ3) is 8.77. The minimum absolute atomic E-state index is 0.186. The van der Waals surface area contributed by atoms with E-state index in [9.17, 15) is 4.57 Å². The Morgan fingerprint density at radius 3 is 2.41 bits per heavy atom. The SMILES string of the molecule is [B]C1CCC(OP(OCCC#N)N(C(C)C)C(C)C)C(/C=C/P(=O)(OC)OC)O1. The molecule has 0 saturated carbocycles. The van der Waals surface area contributed by atoms with E-state index < -0.39 is 28.2 Å². The van der Waals surface area contributed by atoms with Gasteiger partial charge in [0, 0.05) is 38.1 Å². The van der Waals surface area contributed by atoms with Crippen molar-refractivity contribution in [3.63, 3.8) is 0 Å². The third-order valence-corrected chi connectivity index (χ3v) is 8.00. The van der Waals surface area contributed by atoms with Gasteiger partial charge in [-0.25, -0.2) is 4.67 Å². The molecule has 0 amide bonds. The van der Waals surface area contributed by atoms with E-state index in [2.05, 4.69) is 38.4 Å². The Bertz CT molecular complexity index is 585. The molecule has 4 unspecified atom stereocenters. The van der Waals surface area contributed by atoms with Crippen molar-refractivity contribution < 1.29 is 27.4 Å². The Balaban J connectivity index is 3.03. The Labute approximate surface area is 177 Å². The molecule has 4 atom stereocenters. The average Bonchev–Trinajstić information content (AvgIpc) is 2.67. The first-order chi connectivity index (χ1) is 13.7. The van der Waals surface area contributed by atoms with Gasteiger partial charge in [0.2, 0.25) is 0 Å². The summed E-state index contributed by atoms with van der Waals surface area (Å²) in [6.45, 7) is 8.58. The largest absolute Gasteiger partial charge is 0.378 e. The third-order valence-electron chi connectivity index (χ3n) is 4.29. The van der Waals surface area contributed by atoms with Gasteiger partial charge in [-0.2, -0.15) is 5.26 Å². The van der Waals surface area contributed by atoms with Crippen molar-refractivity contribution in [3.05, 3.63) is 11.9 Å². The summed E-state index contributed by atoms with van der Waals surface area (Å²) in [7, 11) is 3.85. The van der Waals surface area contributed by atoms with E-state index in [1.807, 2.05) is 0 Å². The second-order valence-electron chi connectivity index (χ2n) is 7.15. The van der Waals surface area contributed by atoms with Crippen LogP contribution in [0.2, 0.25) is 0 Å². The lowest BCUT2D eigenvalue weighted by molar-refractivity contribution is -0.0588. The van der Waals surface area contributed by atoms with Gasteiger partial charge in [-0.1, -0.05) is 0 Å². The summed E-state index contributed by atoms with van der Waals surface area (Å²) in [4.78, 5) is 0. The van der Waals surface area contributed by atoms with E-state index in [4.69, 9.17) is 35.9 Å². The molecule has 1 fully saturated rings. The quantitative estimate of drug-likeness (QED) is 0.249. The molecule has 0 spiro atoms. The predicted molar refractivity (Wildman–Crippen MR) is 114 cm³/mol. The molecule has 2 radical (unpaired) electrons. The van der Waals surface area contributed by atoms with Crippen LogP contribution in [0.5, 0.6) is 0 Å². The molecule has 0 aromatic heterocycles. The number of hydrogen-bond acceptors (Lipinski definition) is 8. The normalized spacial score (nSPS) is 24.5. The van der Waals surface area contributed by atoms with Gasteiger partial charge >= 0.3 is 7.60 Å². The molecule has 11 heteroatoms. The fourth-order valence-corrected chi connectivity index (χ4v) is 5.46. The lowest BCUT2D eigenvalue weighted by Gasteiger charge is -2.40. The molecule has 0 aliphatic carbocycles. The maximum atomic E-state index is 12.3. The molecular weight excluding hydrogens is 413 g/mol. The molecule has 1 aliphatic heterocycles. The first-order valence-corrected chi connectivity index (χ1v) is 12.5. The first kappa shape index (κ1) is 26.7. The standard InChI is InChI=1S/C18H33BN2O6P2/c1-14(2)21(15(3)4)28(25-12-7-11-20)27-17-8-9-18(19)26-16(17)10-13-29(22,23-5)24-6/h10,13-18H,7-9,12H2,1-6H3/b13-10+. The number of ether oxygens (including phenoxy) is 1. The second kappa shape index (κ2) is 13.2. The van der Waals surface area contributed by atoms with E-state index in [1.165, 1.54) is 20.0 Å². The van der Waals surface area contributed by atoms with Gasteiger partial charge < -0.3 is 22.8 Å². The average molecular weight is 446 g/mol. The van der Waals surface area contributed by atoms with Gasteiger partial charge in [0.05, 0.1) is 25.2 Å². The number of hydrogen-bond donors (Lipinski definition) is 0. The van der Waals surface area contributed by atoms with Crippen LogP contribution in [-0.2, 0) is 27.4 Å². The number of rotatable bonds is 12. The van der Waals surface area contributed by atoms with Gasteiger partial charge in [0.25, 0.3) is 8.53 Å². The zero-order chi connectivity index (χ0) is 22.0. The molecule has 1 aliphatic rings. The highest BCUT2D eigenvalue weighted by molar-refractivity contribution is 7.57. The molecule has 0 aromatic rings. The molecule has 0 bridgehead atoms. The maximum Gasteiger partial charge on any atom is 0.353 e. The van der Waals surface area contributed by atoms with Crippen LogP contribution in [0, 0.1) is 11.3 Å². The van der Waals surface area contributed by atoms with Gasteiger partial charge in [0.15, 0.2) is 0 Å². The second-order valence-corrected chi connectivity index (χ2v) is 10.7. The topological polar surface area (TPSA) is 90.3 Å². The van der Waals surface area contributed by atoms with Crippen LogP contribution in [0.1, 0.15) is 47.0 Å². The summed E-state index contributed by atoms with van der Waals surface area (Å²) in [5.74, 6) is 1.37. The van der Waals surface area contributed by atoms with E-state index >= 15 is 0 Å². The zero-order valence-corrected chi connectivity index (χ0v) is 20.0. The van der Waals surface area contributed by atoms with Crippen molar-refractivity contribution in [1.82, 2.24) is 4.67 Å². The predicted octanol–water partition coefficient (Wildman–Crippen LogP) is 4.32. The maximum absolute atomic E-state index is 12.3. The van der Waals surface area contributed by atoms with Crippen LogP contribution in [0.25, 0.3) is 0 Å². The molecular formula is C18H33BN2O6P2. The van der Waals surface area contributed by atoms with E-state index in [-0.39, 0.29) is 31.2 Å². The summed E-state index contributed by atoms with van der Waals surface area (Å²) in [5.41, 5.74) is 0. The Morgan fingerprint density at radius 1 is 1.28 bits per heavy atom. The van der Waals surface area contributed by atoms with Crippen LogP contribution in [0.4, 0.5) is 0 Å². The van der Waals surface area contributed by atoms with Crippen LogP contribution < -0.4 is 0 Å². The fourth-order valence-electron chi connectivity index (χ4n) is 2.93. The molecule has 8 nitrogen and oxygen atoms in total. The first-order valence-electron chi connectivity index (χ1n) is 9.74. The van der Waals surface area contributed by atoms with E-state index in [0.29, 0.717) is 12.8 Å². The van der Waals surface area contributed by atoms with Crippen LogP contribution in [0.15, 0.2) is 11.9 Å². The molecule has 29 heavy (non-hydrogen) atoms. The van der Waals surface area contributed by atoms with Crippen molar-refractivity contribution in [1.29, 1.82) is 5.26 Å². The van der Waals surface area contributed by atoms with Crippen molar-refractivity contribution in [2.75, 3.05) is 20.8 Å². The summed E-state index contributed by atoms with van der Waals surface area (Å²) in [6, 6.07) is 2.02. The van der Waals surface area contributed by atoms with Crippen LogP contribution >= 0.6 is 16.1 Å². The summed E-state index contributed by atoms with van der Waals surface area (Å²) in [5, 5.41) is 8.85. The highest BCUT2D eigenvalue weighted by atomic mass is 31.2. The van der Waals surface area contributed by atoms with Gasteiger partial charge in [0.1, 0.15) is 14.0 Å². The minimum Gasteiger partial charge on any atom is -0.378 e. The Morgan fingerprint density at radius 2 is 1.90 bits per heavy atom. The number of nitrogens with zero attached hydrogens (tertiary/aromatic N) is 2. The monoisotopic (exact) mass is 446 g/mol. The van der Waals surface area contributed by atoms with Gasteiger partial charge in [-0.05, 0) is 46.6 Å². The van der Waals surface area contributed by atoms with Crippen molar-refractivity contribution in [2.24, 2.45) is 0 Å².